The number of nitrogens with one attached hydrogen (secondary N) is 1. The Kier molecular flexibility index (Phi) is 5.02. The summed E-state index contributed by atoms with van der Waals surface area (Å²) in [5.74, 6) is 0.0526. The molecule has 0 bridgehead atoms. The van der Waals surface area contributed by atoms with Crippen molar-refractivity contribution >= 4 is 17.5 Å². The highest BCUT2D eigenvalue weighted by Gasteiger charge is 2.17. The smallest absolute Gasteiger partial charge is 0.222 e. The third-order valence-corrected chi connectivity index (χ3v) is 3.34. The lowest BCUT2D eigenvalue weighted by atomic mass is 10.1. The molecule has 1 heterocycles. The molecule has 1 N–H and O–H groups in total. The molecule has 1 amide bonds. The molecule has 0 radical (unpaired) electrons. The Morgan fingerprint density at radius 2 is 2.11 bits per heavy atom. The van der Waals surface area contributed by atoms with Crippen molar-refractivity contribution in [3.8, 4) is 0 Å². The predicted octanol–water partition coefficient (Wildman–Crippen LogP) is 2.92. The fourth-order valence-electron chi connectivity index (χ4n) is 2.05. The van der Waals surface area contributed by atoms with Crippen LogP contribution >= 0.6 is 11.6 Å². The normalized spacial score (nSPS) is 19.5. The summed E-state index contributed by atoms with van der Waals surface area (Å²) >= 11 is 5.80. The van der Waals surface area contributed by atoms with E-state index in [0.29, 0.717) is 18.0 Å². The van der Waals surface area contributed by atoms with Crippen LogP contribution in [0.1, 0.15) is 31.2 Å². The van der Waals surface area contributed by atoms with E-state index in [1.165, 1.54) is 0 Å². The minimum absolute atomic E-state index is 0.0526. The van der Waals surface area contributed by atoms with E-state index < -0.39 is 0 Å². The number of carbonyl (C=O) groups excluding carboxylic acids is 1. The van der Waals surface area contributed by atoms with E-state index in [9.17, 15) is 4.79 Å². The molecule has 1 fully saturated rings. The molecule has 0 spiro atoms. The summed E-state index contributed by atoms with van der Waals surface area (Å²) in [5.41, 5.74) is 1.05. The van der Waals surface area contributed by atoms with Gasteiger partial charge in [0.15, 0.2) is 0 Å². The van der Waals surface area contributed by atoms with Gasteiger partial charge in [-0.05, 0) is 37.0 Å². The van der Waals surface area contributed by atoms with Gasteiger partial charge in [0.05, 0.1) is 12.5 Å². The van der Waals surface area contributed by atoms with Crippen molar-refractivity contribution in [2.45, 2.75) is 38.3 Å². The van der Waals surface area contributed by atoms with Crippen molar-refractivity contribution in [3.63, 3.8) is 0 Å². The molecule has 4 heteroatoms. The number of benzene rings is 1. The molecule has 1 atom stereocenters. The lowest BCUT2D eigenvalue weighted by Crippen LogP contribution is -2.30. The molecular formula is C14H18ClNO2. The van der Waals surface area contributed by atoms with Crippen LogP contribution in [0.15, 0.2) is 24.3 Å². The Balaban J connectivity index is 1.72. The van der Waals surface area contributed by atoms with E-state index in [-0.39, 0.29) is 12.0 Å². The van der Waals surface area contributed by atoms with Crippen LogP contribution < -0.4 is 5.32 Å². The maximum absolute atomic E-state index is 11.7. The van der Waals surface area contributed by atoms with Gasteiger partial charge in [0.1, 0.15) is 0 Å². The lowest BCUT2D eigenvalue weighted by Gasteiger charge is -2.21. The van der Waals surface area contributed by atoms with Crippen molar-refractivity contribution in [3.05, 3.63) is 34.9 Å². The van der Waals surface area contributed by atoms with Crippen LogP contribution in [0.2, 0.25) is 5.02 Å². The second-order valence-corrected chi connectivity index (χ2v) is 5.03. The maximum Gasteiger partial charge on any atom is 0.222 e. The summed E-state index contributed by atoms with van der Waals surface area (Å²) in [6, 6.07) is 7.49. The Morgan fingerprint density at radius 1 is 1.33 bits per heavy atom. The molecule has 18 heavy (non-hydrogen) atoms. The highest BCUT2D eigenvalue weighted by atomic mass is 35.5. The molecule has 98 valence electrons. The minimum atomic E-state index is 0.0526. The molecule has 0 aromatic heterocycles. The largest absolute Gasteiger partial charge is 0.378 e. The number of hydrogen-bond donors (Lipinski definition) is 1. The fourth-order valence-corrected chi connectivity index (χ4v) is 2.18. The van der Waals surface area contributed by atoms with Crippen molar-refractivity contribution in [1.82, 2.24) is 5.32 Å². The summed E-state index contributed by atoms with van der Waals surface area (Å²) in [6.07, 6.45) is 3.84. The number of amides is 1. The fraction of sp³-hybridized carbons (Fsp3) is 0.500. The number of hydrogen-bond acceptors (Lipinski definition) is 2. The van der Waals surface area contributed by atoms with Gasteiger partial charge in [-0.3, -0.25) is 4.79 Å². The number of ether oxygens (including phenoxy) is 1. The van der Waals surface area contributed by atoms with Gasteiger partial charge in [-0.1, -0.05) is 23.7 Å². The van der Waals surface area contributed by atoms with Gasteiger partial charge in [-0.25, -0.2) is 0 Å². The van der Waals surface area contributed by atoms with Gasteiger partial charge in [-0.2, -0.15) is 0 Å². The van der Waals surface area contributed by atoms with E-state index in [4.69, 9.17) is 16.3 Å². The van der Waals surface area contributed by atoms with Gasteiger partial charge >= 0.3 is 0 Å². The Morgan fingerprint density at radius 3 is 2.78 bits per heavy atom. The van der Waals surface area contributed by atoms with Gasteiger partial charge in [-0.15, -0.1) is 0 Å². The molecule has 1 aromatic carbocycles. The van der Waals surface area contributed by atoms with Crippen LogP contribution in [-0.2, 0) is 16.1 Å². The second kappa shape index (κ2) is 6.76. The molecule has 1 unspecified atom stereocenters. The number of rotatable bonds is 4. The zero-order valence-electron chi connectivity index (χ0n) is 10.3. The van der Waals surface area contributed by atoms with Crippen LogP contribution in [0.4, 0.5) is 0 Å². The van der Waals surface area contributed by atoms with Gasteiger partial charge in [0.25, 0.3) is 0 Å². The monoisotopic (exact) mass is 267 g/mol. The first-order chi connectivity index (χ1) is 8.74. The standard InChI is InChI=1S/C14H18ClNO2/c15-12-6-4-11(5-7-12)10-16-14(17)9-13-3-1-2-8-18-13/h4-7,13H,1-3,8-10H2,(H,16,17). The van der Waals surface area contributed by atoms with Crippen molar-refractivity contribution in [1.29, 1.82) is 0 Å². The predicted molar refractivity (Wildman–Crippen MR) is 71.5 cm³/mol. The van der Waals surface area contributed by atoms with Crippen LogP contribution in [0.25, 0.3) is 0 Å². The van der Waals surface area contributed by atoms with Gasteiger partial charge in [0.2, 0.25) is 5.91 Å². The number of halogens is 1. The van der Waals surface area contributed by atoms with Crippen molar-refractivity contribution in [2.75, 3.05) is 6.61 Å². The minimum Gasteiger partial charge on any atom is -0.378 e. The zero-order valence-corrected chi connectivity index (χ0v) is 11.1. The summed E-state index contributed by atoms with van der Waals surface area (Å²) in [5, 5.41) is 3.61. The third-order valence-electron chi connectivity index (χ3n) is 3.09. The van der Waals surface area contributed by atoms with E-state index in [0.717, 1.165) is 31.4 Å². The summed E-state index contributed by atoms with van der Waals surface area (Å²) < 4.78 is 5.54. The Labute approximate surface area is 112 Å². The van der Waals surface area contributed by atoms with E-state index in [1.807, 2.05) is 24.3 Å². The summed E-state index contributed by atoms with van der Waals surface area (Å²) in [6.45, 7) is 1.33. The summed E-state index contributed by atoms with van der Waals surface area (Å²) in [4.78, 5) is 11.7. The molecule has 3 nitrogen and oxygen atoms in total. The van der Waals surface area contributed by atoms with Crippen LogP contribution in [-0.4, -0.2) is 18.6 Å². The van der Waals surface area contributed by atoms with Gasteiger partial charge in [0, 0.05) is 18.2 Å². The van der Waals surface area contributed by atoms with E-state index in [1.54, 1.807) is 0 Å². The van der Waals surface area contributed by atoms with Crippen molar-refractivity contribution in [2.24, 2.45) is 0 Å². The molecule has 1 aliphatic heterocycles. The average Bonchev–Trinajstić information content (AvgIpc) is 2.39. The van der Waals surface area contributed by atoms with E-state index >= 15 is 0 Å². The molecule has 0 saturated carbocycles. The van der Waals surface area contributed by atoms with Gasteiger partial charge < -0.3 is 10.1 Å². The van der Waals surface area contributed by atoms with E-state index in [2.05, 4.69) is 5.32 Å². The lowest BCUT2D eigenvalue weighted by molar-refractivity contribution is -0.125. The first-order valence-electron chi connectivity index (χ1n) is 6.37. The van der Waals surface area contributed by atoms with Crippen LogP contribution in [0.5, 0.6) is 0 Å². The molecule has 1 aromatic rings. The molecule has 0 aliphatic carbocycles. The van der Waals surface area contributed by atoms with Crippen molar-refractivity contribution < 1.29 is 9.53 Å². The topological polar surface area (TPSA) is 38.3 Å². The zero-order chi connectivity index (χ0) is 12.8. The summed E-state index contributed by atoms with van der Waals surface area (Å²) in [7, 11) is 0. The Bertz CT molecular complexity index is 385. The molecular weight excluding hydrogens is 250 g/mol. The SMILES string of the molecule is O=C(CC1CCCCO1)NCc1ccc(Cl)cc1. The molecule has 2 rings (SSSR count). The Hall–Kier alpha value is -1.06. The second-order valence-electron chi connectivity index (χ2n) is 4.60. The quantitative estimate of drug-likeness (QED) is 0.911. The highest BCUT2D eigenvalue weighted by molar-refractivity contribution is 6.30. The first-order valence-corrected chi connectivity index (χ1v) is 6.74. The highest BCUT2D eigenvalue weighted by Crippen LogP contribution is 2.15. The first kappa shape index (κ1) is 13.4. The maximum atomic E-state index is 11.7. The number of carbonyl (C=O) groups is 1. The molecule has 1 saturated heterocycles. The third kappa shape index (κ3) is 4.31. The average molecular weight is 268 g/mol. The molecule has 1 aliphatic rings. The van der Waals surface area contributed by atoms with Crippen LogP contribution in [0.3, 0.4) is 0 Å². The van der Waals surface area contributed by atoms with Crippen LogP contribution in [0, 0.1) is 0 Å².